The molecule has 0 atom stereocenters. The molecule has 0 spiro atoms. The fourth-order valence-corrected chi connectivity index (χ4v) is 2.94. The molecule has 0 unspecified atom stereocenters. The summed E-state index contributed by atoms with van der Waals surface area (Å²) in [6.45, 7) is 1.73. The Kier molecular flexibility index (Phi) is 5.23. The highest BCUT2D eigenvalue weighted by Crippen LogP contribution is 2.08. The Morgan fingerprint density at radius 2 is 2.22 bits per heavy atom. The summed E-state index contributed by atoms with van der Waals surface area (Å²) in [6.07, 6.45) is 1.04. The maximum Gasteiger partial charge on any atom is 0.191 e. The lowest BCUT2D eigenvalue weighted by Crippen LogP contribution is -2.37. The number of nitrogens with zero attached hydrogens (tertiary/aromatic N) is 1. The number of thiophene rings is 2. The van der Waals surface area contributed by atoms with Crippen molar-refractivity contribution < 1.29 is 0 Å². The van der Waals surface area contributed by atoms with Crippen LogP contribution in [0.25, 0.3) is 0 Å². The lowest BCUT2D eigenvalue weighted by Gasteiger charge is -2.10. The van der Waals surface area contributed by atoms with Gasteiger partial charge in [0.25, 0.3) is 0 Å². The molecule has 2 heterocycles. The van der Waals surface area contributed by atoms with Crippen molar-refractivity contribution in [3.05, 3.63) is 44.8 Å². The first-order chi connectivity index (χ1) is 8.88. The van der Waals surface area contributed by atoms with Crippen molar-refractivity contribution in [3.8, 4) is 0 Å². The molecule has 18 heavy (non-hydrogen) atoms. The zero-order chi connectivity index (χ0) is 12.6. The summed E-state index contributed by atoms with van der Waals surface area (Å²) in [6, 6.07) is 6.37. The average molecular weight is 279 g/mol. The monoisotopic (exact) mass is 279 g/mol. The molecule has 0 aromatic carbocycles. The highest BCUT2D eigenvalue weighted by atomic mass is 32.1. The van der Waals surface area contributed by atoms with Gasteiger partial charge in [-0.15, -0.1) is 11.3 Å². The van der Waals surface area contributed by atoms with Gasteiger partial charge in [0.1, 0.15) is 0 Å². The van der Waals surface area contributed by atoms with Crippen LogP contribution < -0.4 is 10.6 Å². The largest absolute Gasteiger partial charge is 0.356 e. The van der Waals surface area contributed by atoms with Gasteiger partial charge in [-0.2, -0.15) is 11.3 Å². The molecule has 3 nitrogen and oxygen atoms in total. The Bertz CT molecular complexity index is 460. The van der Waals surface area contributed by atoms with Crippen LogP contribution in [0.3, 0.4) is 0 Å². The SMILES string of the molecule is CN=C(NCCc1cccs1)NCc1ccsc1. The van der Waals surface area contributed by atoms with E-state index in [0.717, 1.165) is 25.5 Å². The van der Waals surface area contributed by atoms with Gasteiger partial charge in [-0.3, -0.25) is 4.99 Å². The molecule has 0 amide bonds. The Labute approximate surface area is 116 Å². The van der Waals surface area contributed by atoms with Gasteiger partial charge in [0.05, 0.1) is 0 Å². The number of aliphatic imine (C=N–C) groups is 1. The van der Waals surface area contributed by atoms with Crippen LogP contribution in [0.15, 0.2) is 39.3 Å². The van der Waals surface area contributed by atoms with Crippen molar-refractivity contribution in [1.29, 1.82) is 0 Å². The molecule has 0 radical (unpaired) electrons. The molecule has 0 aliphatic heterocycles. The van der Waals surface area contributed by atoms with E-state index in [0.29, 0.717) is 0 Å². The maximum atomic E-state index is 4.21. The van der Waals surface area contributed by atoms with E-state index in [1.54, 1.807) is 29.7 Å². The van der Waals surface area contributed by atoms with Crippen molar-refractivity contribution in [2.45, 2.75) is 13.0 Å². The Morgan fingerprint density at radius 3 is 2.89 bits per heavy atom. The summed E-state index contributed by atoms with van der Waals surface area (Å²) in [5.41, 5.74) is 1.29. The molecule has 5 heteroatoms. The molecule has 0 saturated heterocycles. The van der Waals surface area contributed by atoms with Crippen LogP contribution >= 0.6 is 22.7 Å². The Balaban J connectivity index is 1.69. The first kappa shape index (κ1) is 13.1. The zero-order valence-corrected chi connectivity index (χ0v) is 12.0. The van der Waals surface area contributed by atoms with E-state index in [9.17, 15) is 0 Å². The molecule has 0 aliphatic rings. The first-order valence-electron chi connectivity index (χ1n) is 5.86. The smallest absolute Gasteiger partial charge is 0.191 e. The van der Waals surface area contributed by atoms with Gasteiger partial charge in [-0.1, -0.05) is 6.07 Å². The predicted molar refractivity (Wildman–Crippen MR) is 80.5 cm³/mol. The number of hydrogen-bond donors (Lipinski definition) is 2. The van der Waals surface area contributed by atoms with E-state index in [4.69, 9.17) is 0 Å². The van der Waals surface area contributed by atoms with Crippen LogP contribution in [-0.2, 0) is 13.0 Å². The molecule has 0 saturated carbocycles. The highest BCUT2D eigenvalue weighted by molar-refractivity contribution is 7.09. The number of guanidine groups is 1. The van der Waals surface area contributed by atoms with E-state index in [1.165, 1.54) is 10.4 Å². The fourth-order valence-electron chi connectivity index (χ4n) is 1.56. The van der Waals surface area contributed by atoms with Crippen molar-refractivity contribution in [2.75, 3.05) is 13.6 Å². The second-order valence-electron chi connectivity index (χ2n) is 3.81. The maximum absolute atomic E-state index is 4.21. The van der Waals surface area contributed by atoms with Gasteiger partial charge in [-0.05, 0) is 40.3 Å². The lowest BCUT2D eigenvalue weighted by atomic mass is 10.3. The van der Waals surface area contributed by atoms with E-state index in [1.807, 2.05) is 0 Å². The van der Waals surface area contributed by atoms with Crippen molar-refractivity contribution >= 4 is 28.6 Å². The third kappa shape index (κ3) is 4.16. The van der Waals surface area contributed by atoms with E-state index in [2.05, 4.69) is 50.0 Å². The quantitative estimate of drug-likeness (QED) is 0.652. The van der Waals surface area contributed by atoms with Crippen molar-refractivity contribution in [3.63, 3.8) is 0 Å². The zero-order valence-electron chi connectivity index (χ0n) is 10.3. The first-order valence-corrected chi connectivity index (χ1v) is 7.68. The summed E-state index contributed by atoms with van der Waals surface area (Å²) in [5, 5.41) is 13.0. The highest BCUT2D eigenvalue weighted by Gasteiger charge is 1.99. The molecule has 2 aromatic rings. The Morgan fingerprint density at radius 1 is 1.28 bits per heavy atom. The minimum Gasteiger partial charge on any atom is -0.356 e. The molecule has 0 bridgehead atoms. The number of rotatable bonds is 5. The summed E-state index contributed by atoms with van der Waals surface area (Å²) < 4.78 is 0. The van der Waals surface area contributed by atoms with Crippen LogP contribution in [0, 0.1) is 0 Å². The van der Waals surface area contributed by atoms with E-state index in [-0.39, 0.29) is 0 Å². The summed E-state index contributed by atoms with van der Waals surface area (Å²) >= 11 is 3.51. The third-order valence-electron chi connectivity index (χ3n) is 2.51. The summed E-state index contributed by atoms with van der Waals surface area (Å²) in [4.78, 5) is 5.61. The number of nitrogens with one attached hydrogen (secondary N) is 2. The molecular weight excluding hydrogens is 262 g/mol. The molecule has 96 valence electrons. The molecular formula is C13H17N3S2. The van der Waals surface area contributed by atoms with Crippen molar-refractivity contribution in [1.82, 2.24) is 10.6 Å². The summed E-state index contributed by atoms with van der Waals surface area (Å²) in [5.74, 6) is 0.859. The normalized spacial score (nSPS) is 11.5. The average Bonchev–Trinajstić information content (AvgIpc) is 3.06. The molecule has 2 N–H and O–H groups in total. The predicted octanol–water partition coefficient (Wildman–Crippen LogP) is 2.72. The number of hydrogen-bond acceptors (Lipinski definition) is 3. The minimum absolute atomic E-state index is 0.822. The second-order valence-corrected chi connectivity index (χ2v) is 5.63. The van der Waals surface area contributed by atoms with Crippen LogP contribution in [-0.4, -0.2) is 19.6 Å². The molecule has 0 fully saturated rings. The van der Waals surface area contributed by atoms with Gasteiger partial charge < -0.3 is 10.6 Å². The van der Waals surface area contributed by atoms with E-state index >= 15 is 0 Å². The van der Waals surface area contributed by atoms with Gasteiger partial charge in [-0.25, -0.2) is 0 Å². The minimum atomic E-state index is 0.822. The lowest BCUT2D eigenvalue weighted by molar-refractivity contribution is 0.800. The molecule has 2 rings (SSSR count). The van der Waals surface area contributed by atoms with Gasteiger partial charge in [0.2, 0.25) is 0 Å². The Hall–Kier alpha value is -1.33. The molecule has 2 aromatic heterocycles. The van der Waals surface area contributed by atoms with Crippen LogP contribution in [0.5, 0.6) is 0 Å². The van der Waals surface area contributed by atoms with Crippen LogP contribution in [0.4, 0.5) is 0 Å². The van der Waals surface area contributed by atoms with Crippen molar-refractivity contribution in [2.24, 2.45) is 4.99 Å². The van der Waals surface area contributed by atoms with Gasteiger partial charge >= 0.3 is 0 Å². The fraction of sp³-hybridized carbons (Fsp3) is 0.308. The second kappa shape index (κ2) is 7.18. The summed E-state index contributed by atoms with van der Waals surface area (Å²) in [7, 11) is 1.80. The van der Waals surface area contributed by atoms with E-state index < -0.39 is 0 Å². The standard InChI is InChI=1S/C13H17N3S2/c1-14-13(16-9-11-5-8-17-10-11)15-6-4-12-3-2-7-18-12/h2-3,5,7-8,10H,4,6,9H2,1H3,(H2,14,15,16). The topological polar surface area (TPSA) is 36.4 Å². The van der Waals surface area contributed by atoms with Crippen LogP contribution in [0.2, 0.25) is 0 Å². The van der Waals surface area contributed by atoms with Gasteiger partial charge in [0, 0.05) is 25.0 Å². The van der Waals surface area contributed by atoms with Gasteiger partial charge in [0.15, 0.2) is 5.96 Å². The van der Waals surface area contributed by atoms with Crippen LogP contribution in [0.1, 0.15) is 10.4 Å². The molecule has 0 aliphatic carbocycles. The third-order valence-corrected chi connectivity index (χ3v) is 4.18.